The van der Waals surface area contributed by atoms with Crippen molar-refractivity contribution >= 4 is 28.7 Å². The normalized spacial score (nSPS) is 12.7. The molecule has 0 saturated carbocycles. The van der Waals surface area contributed by atoms with Gasteiger partial charge >= 0.3 is 12.0 Å². The number of hydrogen-bond acceptors (Lipinski definition) is 5. The lowest BCUT2D eigenvalue weighted by atomic mass is 9.98. The van der Waals surface area contributed by atoms with Crippen LogP contribution in [-0.2, 0) is 20.8 Å². The molecule has 0 heterocycles. The molecule has 0 aliphatic rings. The SMILES string of the molecule is CC(C)CN(OC(=O)C(C)O)C(=O)NC(Cc1ccc(-c2ccc3ccccc3c2)cc1)C(N)=O. The average Bonchev–Trinajstić information content (AvgIpc) is 2.82. The smallest absolute Gasteiger partial charge is 0.360 e. The van der Waals surface area contributed by atoms with E-state index in [1.165, 1.54) is 12.3 Å². The van der Waals surface area contributed by atoms with Crippen molar-refractivity contribution in [3.05, 3.63) is 72.3 Å². The molecule has 0 aliphatic carbocycles. The number of nitrogens with zero attached hydrogens (tertiary/aromatic N) is 1. The molecular formula is C27H31N3O5. The third-order valence-corrected chi connectivity index (χ3v) is 5.42. The Bertz CT molecular complexity index is 1190. The van der Waals surface area contributed by atoms with Crippen LogP contribution in [-0.4, -0.2) is 46.8 Å². The van der Waals surface area contributed by atoms with Gasteiger partial charge in [0.05, 0.1) is 6.54 Å². The van der Waals surface area contributed by atoms with Crippen LogP contribution in [0.1, 0.15) is 26.3 Å². The van der Waals surface area contributed by atoms with Crippen LogP contribution in [0.15, 0.2) is 66.7 Å². The van der Waals surface area contributed by atoms with Gasteiger partial charge in [0, 0.05) is 6.42 Å². The number of nitrogens with two attached hydrogens (primary N) is 1. The standard InChI is InChI=1S/C27H31N3O5/c1-17(2)16-30(35-26(33)18(3)31)27(34)29-24(25(28)32)14-19-8-10-21(11-9-19)23-13-12-20-6-4-5-7-22(20)15-23/h4-13,15,17-18,24,31H,14,16H2,1-3H3,(H2,28,32)(H,29,34). The van der Waals surface area contributed by atoms with Gasteiger partial charge in [-0.25, -0.2) is 9.59 Å². The summed E-state index contributed by atoms with van der Waals surface area (Å²) < 4.78 is 0. The van der Waals surface area contributed by atoms with Crippen LogP contribution in [0, 0.1) is 5.92 Å². The fourth-order valence-corrected chi connectivity index (χ4v) is 3.56. The number of nitrogens with one attached hydrogen (secondary N) is 1. The molecule has 184 valence electrons. The lowest BCUT2D eigenvalue weighted by Crippen LogP contribution is -2.52. The first-order valence-electron chi connectivity index (χ1n) is 11.5. The van der Waals surface area contributed by atoms with Crippen LogP contribution in [0.25, 0.3) is 21.9 Å². The minimum Gasteiger partial charge on any atom is -0.382 e. The van der Waals surface area contributed by atoms with Gasteiger partial charge in [0.1, 0.15) is 6.04 Å². The molecule has 0 spiro atoms. The summed E-state index contributed by atoms with van der Waals surface area (Å²) in [6.07, 6.45) is -1.23. The molecule has 0 bridgehead atoms. The number of carbonyl (C=O) groups is 3. The van der Waals surface area contributed by atoms with E-state index < -0.39 is 30.1 Å². The molecule has 0 aromatic heterocycles. The summed E-state index contributed by atoms with van der Waals surface area (Å²) in [5.74, 6) is -1.72. The van der Waals surface area contributed by atoms with E-state index in [9.17, 15) is 19.5 Å². The zero-order valence-electron chi connectivity index (χ0n) is 20.1. The Kier molecular flexibility index (Phi) is 8.43. The summed E-state index contributed by atoms with van der Waals surface area (Å²) in [5, 5.41) is 15.1. The first-order valence-corrected chi connectivity index (χ1v) is 11.5. The molecule has 4 N–H and O–H groups in total. The van der Waals surface area contributed by atoms with Crippen molar-refractivity contribution in [1.29, 1.82) is 0 Å². The molecule has 2 atom stereocenters. The number of fused-ring (bicyclic) bond motifs is 1. The zero-order valence-corrected chi connectivity index (χ0v) is 20.1. The molecule has 0 aliphatic heterocycles. The van der Waals surface area contributed by atoms with Crippen molar-refractivity contribution in [2.45, 2.75) is 39.3 Å². The predicted molar refractivity (Wildman–Crippen MR) is 134 cm³/mol. The monoisotopic (exact) mass is 477 g/mol. The molecular weight excluding hydrogens is 446 g/mol. The van der Waals surface area contributed by atoms with Crippen molar-refractivity contribution < 1.29 is 24.3 Å². The Hall–Kier alpha value is -3.91. The van der Waals surface area contributed by atoms with E-state index in [0.717, 1.165) is 27.1 Å². The van der Waals surface area contributed by atoms with E-state index in [1.54, 1.807) is 0 Å². The van der Waals surface area contributed by atoms with Gasteiger partial charge in [-0.15, -0.1) is 0 Å². The van der Waals surface area contributed by atoms with Crippen LogP contribution < -0.4 is 11.1 Å². The molecule has 8 heteroatoms. The Morgan fingerprint density at radius 3 is 2.17 bits per heavy atom. The van der Waals surface area contributed by atoms with Gasteiger partial charge in [0.15, 0.2) is 6.10 Å². The summed E-state index contributed by atoms with van der Waals surface area (Å²) in [6.45, 7) is 4.98. The van der Waals surface area contributed by atoms with Crippen molar-refractivity contribution in [1.82, 2.24) is 10.4 Å². The molecule has 8 nitrogen and oxygen atoms in total. The third-order valence-electron chi connectivity index (χ3n) is 5.42. The number of hydroxylamine groups is 2. The molecule has 0 fully saturated rings. The quantitative estimate of drug-likeness (QED) is 0.429. The van der Waals surface area contributed by atoms with Crippen LogP contribution in [0.3, 0.4) is 0 Å². The zero-order chi connectivity index (χ0) is 25.5. The highest BCUT2D eigenvalue weighted by atomic mass is 16.7. The maximum Gasteiger partial charge on any atom is 0.360 e. The molecule has 3 aromatic carbocycles. The number of primary amides is 1. The number of aliphatic hydroxyl groups is 1. The Balaban J connectivity index is 1.71. The number of rotatable bonds is 8. The van der Waals surface area contributed by atoms with Crippen molar-refractivity contribution in [2.75, 3.05) is 6.54 Å². The minimum absolute atomic E-state index is 0.0303. The summed E-state index contributed by atoms with van der Waals surface area (Å²) in [4.78, 5) is 41.6. The Morgan fingerprint density at radius 1 is 0.943 bits per heavy atom. The molecule has 3 rings (SSSR count). The van der Waals surface area contributed by atoms with Gasteiger partial charge in [-0.3, -0.25) is 4.79 Å². The topological polar surface area (TPSA) is 122 Å². The van der Waals surface area contributed by atoms with E-state index in [2.05, 4.69) is 35.6 Å². The number of aliphatic hydroxyl groups excluding tert-OH is 1. The highest BCUT2D eigenvalue weighted by molar-refractivity contribution is 5.88. The third kappa shape index (κ3) is 7.04. The van der Waals surface area contributed by atoms with Gasteiger partial charge in [0.2, 0.25) is 5.91 Å². The highest BCUT2D eigenvalue weighted by Crippen LogP contribution is 2.25. The lowest BCUT2D eigenvalue weighted by molar-refractivity contribution is -0.187. The summed E-state index contributed by atoms with van der Waals surface area (Å²) in [6, 6.07) is 20.2. The molecule has 0 radical (unpaired) electrons. The fraction of sp³-hybridized carbons (Fsp3) is 0.296. The van der Waals surface area contributed by atoms with Crippen LogP contribution >= 0.6 is 0 Å². The first kappa shape index (κ1) is 25.7. The minimum atomic E-state index is -1.40. The van der Waals surface area contributed by atoms with Crippen molar-refractivity contribution in [3.63, 3.8) is 0 Å². The average molecular weight is 478 g/mol. The number of hydrogen-bond donors (Lipinski definition) is 3. The van der Waals surface area contributed by atoms with Crippen molar-refractivity contribution in [2.24, 2.45) is 11.7 Å². The first-order chi connectivity index (χ1) is 16.6. The van der Waals surface area contributed by atoms with E-state index >= 15 is 0 Å². The largest absolute Gasteiger partial charge is 0.382 e. The number of urea groups is 1. The van der Waals surface area contributed by atoms with Crippen LogP contribution in [0.4, 0.5) is 4.79 Å². The molecule has 0 saturated heterocycles. The highest BCUT2D eigenvalue weighted by Gasteiger charge is 2.26. The molecule has 2 unspecified atom stereocenters. The van der Waals surface area contributed by atoms with Gasteiger partial charge in [-0.05, 0) is 46.4 Å². The van der Waals surface area contributed by atoms with E-state index in [-0.39, 0.29) is 18.9 Å². The van der Waals surface area contributed by atoms with Crippen molar-refractivity contribution in [3.8, 4) is 11.1 Å². The second-order valence-electron chi connectivity index (χ2n) is 8.91. The Labute approximate surface area is 204 Å². The number of benzene rings is 3. The number of carbonyl (C=O) groups excluding carboxylic acids is 3. The summed E-state index contributed by atoms with van der Waals surface area (Å²) >= 11 is 0. The lowest BCUT2D eigenvalue weighted by Gasteiger charge is -2.26. The van der Waals surface area contributed by atoms with Gasteiger partial charge in [-0.1, -0.05) is 74.5 Å². The second-order valence-corrected chi connectivity index (χ2v) is 8.91. The molecule has 3 amide bonds. The maximum atomic E-state index is 12.7. The molecule has 35 heavy (non-hydrogen) atoms. The second kappa shape index (κ2) is 11.5. The van der Waals surface area contributed by atoms with E-state index in [1.807, 2.05) is 50.2 Å². The summed E-state index contributed by atoms with van der Waals surface area (Å²) in [5.41, 5.74) is 8.43. The van der Waals surface area contributed by atoms with Gasteiger partial charge in [-0.2, -0.15) is 5.06 Å². The van der Waals surface area contributed by atoms with Gasteiger partial charge < -0.3 is 21.0 Å². The fourth-order valence-electron chi connectivity index (χ4n) is 3.56. The van der Waals surface area contributed by atoms with Gasteiger partial charge in [0.25, 0.3) is 0 Å². The summed E-state index contributed by atoms with van der Waals surface area (Å²) in [7, 11) is 0. The van der Waals surface area contributed by atoms with Crippen LogP contribution in [0.2, 0.25) is 0 Å². The van der Waals surface area contributed by atoms with E-state index in [0.29, 0.717) is 0 Å². The van der Waals surface area contributed by atoms with Crippen LogP contribution in [0.5, 0.6) is 0 Å². The maximum absolute atomic E-state index is 12.7. The predicted octanol–water partition coefficient (Wildman–Crippen LogP) is 3.41. The number of amides is 3. The van der Waals surface area contributed by atoms with E-state index in [4.69, 9.17) is 10.6 Å². The Morgan fingerprint density at radius 2 is 1.57 bits per heavy atom. The molecule has 3 aromatic rings.